The Labute approximate surface area is 60.2 Å². The molecule has 1 rings (SSSR count). The Morgan fingerprint density at radius 3 is 2.50 bits per heavy atom. The lowest BCUT2D eigenvalue weighted by Gasteiger charge is -2.05. The number of aromatic amines is 1. The van der Waals surface area contributed by atoms with E-state index in [0.717, 1.165) is 17.9 Å². The van der Waals surface area contributed by atoms with Gasteiger partial charge in [0, 0.05) is 6.54 Å². The van der Waals surface area contributed by atoms with E-state index < -0.39 is 0 Å². The molecule has 1 aromatic rings. The van der Waals surface area contributed by atoms with E-state index >= 15 is 0 Å². The summed E-state index contributed by atoms with van der Waals surface area (Å²) in [6.07, 6.45) is 0. The molecule has 0 amide bonds. The maximum absolute atomic E-state index is 3.98. The minimum Gasteiger partial charge on any atom is -0.303 e. The van der Waals surface area contributed by atoms with Gasteiger partial charge in [-0.2, -0.15) is 15.4 Å². The highest BCUT2D eigenvalue weighted by Gasteiger charge is 2.02. The summed E-state index contributed by atoms with van der Waals surface area (Å²) in [5.41, 5.74) is 2.00. The molecule has 0 radical (unpaired) electrons. The van der Waals surface area contributed by atoms with Gasteiger partial charge in [-0.25, -0.2) is 0 Å². The summed E-state index contributed by atoms with van der Waals surface area (Å²) in [5.74, 6) is 0. The maximum atomic E-state index is 3.98. The van der Waals surface area contributed by atoms with Crippen LogP contribution in [-0.2, 0) is 6.54 Å². The Kier molecular flexibility index (Phi) is 2.01. The molecule has 0 atom stereocenters. The van der Waals surface area contributed by atoms with Gasteiger partial charge in [-0.15, -0.1) is 0 Å². The van der Waals surface area contributed by atoms with Crippen LogP contribution in [0.4, 0.5) is 0 Å². The summed E-state index contributed by atoms with van der Waals surface area (Å²) in [7, 11) is 4.02. The van der Waals surface area contributed by atoms with Crippen LogP contribution in [0.15, 0.2) is 0 Å². The van der Waals surface area contributed by atoms with Crippen LogP contribution in [0.25, 0.3) is 0 Å². The zero-order valence-corrected chi connectivity index (χ0v) is 6.55. The Balaban J connectivity index is 2.65. The molecule has 0 fully saturated rings. The lowest BCUT2D eigenvalue weighted by molar-refractivity contribution is 0.395. The van der Waals surface area contributed by atoms with Crippen molar-refractivity contribution in [2.45, 2.75) is 13.5 Å². The third-order valence-corrected chi connectivity index (χ3v) is 1.29. The second kappa shape index (κ2) is 2.79. The van der Waals surface area contributed by atoms with Crippen molar-refractivity contribution >= 4 is 0 Å². The number of hydrogen-bond donors (Lipinski definition) is 1. The molecular formula is C6H12N4. The first-order chi connectivity index (χ1) is 4.70. The molecule has 0 spiro atoms. The van der Waals surface area contributed by atoms with E-state index in [-0.39, 0.29) is 0 Å². The van der Waals surface area contributed by atoms with Crippen molar-refractivity contribution in [1.82, 2.24) is 20.3 Å². The highest BCUT2D eigenvalue weighted by atomic mass is 15.3. The largest absolute Gasteiger partial charge is 0.303 e. The summed E-state index contributed by atoms with van der Waals surface area (Å²) in [4.78, 5) is 2.06. The van der Waals surface area contributed by atoms with Crippen molar-refractivity contribution in [3.05, 3.63) is 11.4 Å². The minimum absolute atomic E-state index is 0.850. The summed E-state index contributed by atoms with van der Waals surface area (Å²) in [6, 6.07) is 0. The van der Waals surface area contributed by atoms with Crippen molar-refractivity contribution in [3.63, 3.8) is 0 Å². The Morgan fingerprint density at radius 1 is 1.40 bits per heavy atom. The lowest BCUT2D eigenvalue weighted by atomic mass is 10.3. The van der Waals surface area contributed by atoms with Crippen LogP contribution in [0.2, 0.25) is 0 Å². The molecule has 0 bridgehead atoms. The van der Waals surface area contributed by atoms with E-state index in [2.05, 4.69) is 20.3 Å². The standard InChI is InChI=1S/C6H12N4/c1-5-6(4-10(2)3)8-9-7-5/h4H2,1-3H3,(H,7,8,9). The number of rotatable bonds is 2. The van der Waals surface area contributed by atoms with Crippen LogP contribution in [0, 0.1) is 6.92 Å². The molecule has 0 aromatic carbocycles. The summed E-state index contributed by atoms with van der Waals surface area (Å²) >= 11 is 0. The van der Waals surface area contributed by atoms with Crippen LogP contribution >= 0.6 is 0 Å². The lowest BCUT2D eigenvalue weighted by Crippen LogP contribution is -2.11. The number of nitrogens with one attached hydrogen (secondary N) is 1. The Bertz CT molecular complexity index is 203. The highest BCUT2D eigenvalue weighted by Crippen LogP contribution is 1.99. The molecule has 0 aliphatic rings. The molecule has 0 aliphatic heterocycles. The zero-order chi connectivity index (χ0) is 7.56. The summed E-state index contributed by atoms with van der Waals surface area (Å²) < 4.78 is 0. The van der Waals surface area contributed by atoms with E-state index in [1.165, 1.54) is 0 Å². The van der Waals surface area contributed by atoms with Crippen molar-refractivity contribution in [3.8, 4) is 0 Å². The Hall–Kier alpha value is -0.900. The van der Waals surface area contributed by atoms with Gasteiger partial charge in [-0.05, 0) is 21.0 Å². The zero-order valence-electron chi connectivity index (χ0n) is 6.55. The smallest absolute Gasteiger partial charge is 0.0993 e. The Morgan fingerprint density at radius 2 is 2.10 bits per heavy atom. The maximum Gasteiger partial charge on any atom is 0.0993 e. The van der Waals surface area contributed by atoms with Crippen molar-refractivity contribution in [2.24, 2.45) is 0 Å². The molecule has 4 heteroatoms. The third-order valence-electron chi connectivity index (χ3n) is 1.29. The number of aromatic nitrogens is 3. The van der Waals surface area contributed by atoms with Gasteiger partial charge in [0.25, 0.3) is 0 Å². The molecule has 1 aromatic heterocycles. The van der Waals surface area contributed by atoms with Gasteiger partial charge in [0.15, 0.2) is 0 Å². The van der Waals surface area contributed by atoms with Crippen LogP contribution < -0.4 is 0 Å². The summed E-state index contributed by atoms with van der Waals surface area (Å²) in [5, 5.41) is 10.5. The number of hydrogen-bond acceptors (Lipinski definition) is 3. The first-order valence-corrected chi connectivity index (χ1v) is 3.21. The van der Waals surface area contributed by atoms with Crippen LogP contribution in [-0.4, -0.2) is 34.4 Å². The first-order valence-electron chi connectivity index (χ1n) is 3.21. The van der Waals surface area contributed by atoms with Crippen molar-refractivity contribution in [1.29, 1.82) is 0 Å². The van der Waals surface area contributed by atoms with Gasteiger partial charge in [-0.1, -0.05) is 0 Å². The van der Waals surface area contributed by atoms with Crippen LogP contribution in [0.3, 0.4) is 0 Å². The van der Waals surface area contributed by atoms with Crippen LogP contribution in [0.1, 0.15) is 11.4 Å². The van der Waals surface area contributed by atoms with E-state index in [4.69, 9.17) is 0 Å². The molecule has 0 saturated heterocycles. The van der Waals surface area contributed by atoms with Gasteiger partial charge in [0.2, 0.25) is 0 Å². The van der Waals surface area contributed by atoms with Crippen molar-refractivity contribution < 1.29 is 0 Å². The minimum atomic E-state index is 0.850. The molecule has 1 N–H and O–H groups in total. The van der Waals surface area contributed by atoms with Gasteiger partial charge in [0.1, 0.15) is 0 Å². The molecule has 0 unspecified atom stereocenters. The molecule has 0 saturated carbocycles. The average molecular weight is 140 g/mol. The average Bonchev–Trinajstić information content (AvgIpc) is 2.15. The molecule has 56 valence electrons. The first kappa shape index (κ1) is 7.21. The highest BCUT2D eigenvalue weighted by molar-refractivity contribution is 5.04. The fourth-order valence-electron chi connectivity index (χ4n) is 0.755. The third kappa shape index (κ3) is 1.54. The second-order valence-electron chi connectivity index (χ2n) is 2.59. The van der Waals surface area contributed by atoms with E-state index in [0.29, 0.717) is 0 Å². The summed E-state index contributed by atoms with van der Waals surface area (Å²) in [6.45, 7) is 2.80. The monoisotopic (exact) mass is 140 g/mol. The van der Waals surface area contributed by atoms with Gasteiger partial charge < -0.3 is 4.90 Å². The van der Waals surface area contributed by atoms with Gasteiger partial charge in [0.05, 0.1) is 11.4 Å². The number of aryl methyl sites for hydroxylation is 1. The molecular weight excluding hydrogens is 128 g/mol. The van der Waals surface area contributed by atoms with E-state index in [1.54, 1.807) is 0 Å². The number of nitrogens with zero attached hydrogens (tertiary/aromatic N) is 3. The number of H-pyrrole nitrogens is 1. The fourth-order valence-corrected chi connectivity index (χ4v) is 0.755. The second-order valence-corrected chi connectivity index (χ2v) is 2.59. The van der Waals surface area contributed by atoms with Crippen molar-refractivity contribution in [2.75, 3.05) is 14.1 Å². The van der Waals surface area contributed by atoms with Crippen LogP contribution in [0.5, 0.6) is 0 Å². The van der Waals surface area contributed by atoms with E-state index in [9.17, 15) is 0 Å². The normalized spacial score (nSPS) is 10.8. The molecule has 10 heavy (non-hydrogen) atoms. The van der Waals surface area contributed by atoms with Gasteiger partial charge >= 0.3 is 0 Å². The fraction of sp³-hybridized carbons (Fsp3) is 0.667. The predicted octanol–water partition coefficient (Wildman–Crippen LogP) is 0.175. The quantitative estimate of drug-likeness (QED) is 0.637. The topological polar surface area (TPSA) is 44.8 Å². The predicted molar refractivity (Wildman–Crippen MR) is 38.5 cm³/mol. The van der Waals surface area contributed by atoms with Gasteiger partial charge in [-0.3, -0.25) is 0 Å². The van der Waals surface area contributed by atoms with E-state index in [1.807, 2.05) is 21.0 Å². The SMILES string of the molecule is Cc1n[nH]nc1CN(C)C. The molecule has 4 nitrogen and oxygen atoms in total. The molecule has 0 aliphatic carbocycles. The molecule has 1 heterocycles.